The van der Waals surface area contributed by atoms with E-state index in [-0.39, 0.29) is 0 Å². The van der Waals surface area contributed by atoms with Crippen LogP contribution in [0.5, 0.6) is 0 Å². The first-order chi connectivity index (χ1) is 4.86. The van der Waals surface area contributed by atoms with E-state index >= 15 is 0 Å². The van der Waals surface area contributed by atoms with Crippen LogP contribution in [-0.2, 0) is 0 Å². The molecule has 1 aromatic carbocycles. The Kier molecular flexibility index (Phi) is 1.92. The third kappa shape index (κ3) is 1.27. The molecule has 10 heavy (non-hydrogen) atoms. The van der Waals surface area contributed by atoms with Gasteiger partial charge in [0.1, 0.15) is 0 Å². The Morgan fingerprint density at radius 2 is 2.30 bits per heavy atom. The predicted molar refractivity (Wildman–Crippen MR) is 44.5 cm³/mol. The van der Waals surface area contributed by atoms with Crippen molar-refractivity contribution in [2.45, 2.75) is 0 Å². The van der Waals surface area contributed by atoms with Gasteiger partial charge in [-0.15, -0.1) is 6.42 Å². The lowest BCUT2D eigenvalue weighted by Gasteiger charge is -1.91. The van der Waals surface area contributed by atoms with E-state index in [1.165, 1.54) is 0 Å². The third-order valence-electron chi connectivity index (χ3n) is 1.29. The van der Waals surface area contributed by atoms with E-state index in [0.717, 1.165) is 11.1 Å². The van der Waals surface area contributed by atoms with E-state index in [2.05, 4.69) is 12.5 Å². The molecular weight excluding hydrogens is 120 g/mol. The van der Waals surface area contributed by atoms with Crippen LogP contribution in [0.2, 0.25) is 0 Å². The molecule has 0 unspecified atom stereocenters. The lowest BCUT2D eigenvalue weighted by Crippen LogP contribution is -1.74. The molecule has 0 fully saturated rings. The number of terminal acetylenes is 1. The molecule has 0 saturated carbocycles. The zero-order valence-corrected chi connectivity index (χ0v) is 5.67. The van der Waals surface area contributed by atoms with Gasteiger partial charge in [-0.3, -0.25) is 0 Å². The highest BCUT2D eigenvalue weighted by Crippen LogP contribution is 2.04. The lowest BCUT2D eigenvalue weighted by molar-refractivity contribution is 1.61. The second-order valence-electron chi connectivity index (χ2n) is 1.97. The normalized spacial score (nSPS) is 8.30. The minimum Gasteiger partial charge on any atom is -0.115 e. The summed E-state index contributed by atoms with van der Waals surface area (Å²) >= 11 is 0. The minimum absolute atomic E-state index is 0.900. The van der Waals surface area contributed by atoms with Crippen molar-refractivity contribution in [3.8, 4) is 12.3 Å². The number of benzene rings is 1. The average molecular weight is 128 g/mol. The Morgan fingerprint density at radius 1 is 1.50 bits per heavy atom. The first-order valence-corrected chi connectivity index (χ1v) is 3.06. The van der Waals surface area contributed by atoms with Crippen molar-refractivity contribution in [3.63, 3.8) is 0 Å². The zero-order chi connectivity index (χ0) is 7.40. The number of rotatable bonds is 1. The third-order valence-corrected chi connectivity index (χ3v) is 1.29. The summed E-state index contributed by atoms with van der Waals surface area (Å²) in [5, 5.41) is 0. The molecule has 1 rings (SSSR count). The molecule has 0 radical (unpaired) electrons. The Balaban J connectivity index is 3.13. The van der Waals surface area contributed by atoms with Crippen LogP contribution in [0.25, 0.3) is 6.08 Å². The Hall–Kier alpha value is -1.48. The Morgan fingerprint density at radius 3 is 2.90 bits per heavy atom. The molecule has 0 spiro atoms. The Bertz CT molecular complexity index is 276. The van der Waals surface area contributed by atoms with Gasteiger partial charge in [0.15, 0.2) is 0 Å². The summed E-state index contributed by atoms with van der Waals surface area (Å²) in [5.74, 6) is 2.55. The van der Waals surface area contributed by atoms with Crippen molar-refractivity contribution in [2.24, 2.45) is 0 Å². The second-order valence-corrected chi connectivity index (χ2v) is 1.97. The zero-order valence-electron chi connectivity index (χ0n) is 5.67. The standard InChI is InChI=1S/C10H8/c1-3-9-6-5-7-10(4-2)8-9/h1,4-8H,2H2. The molecule has 0 aliphatic rings. The van der Waals surface area contributed by atoms with Crippen LogP contribution in [0.3, 0.4) is 0 Å². The minimum atomic E-state index is 0.900. The molecule has 0 N–H and O–H groups in total. The van der Waals surface area contributed by atoms with Gasteiger partial charge in [0.2, 0.25) is 0 Å². The van der Waals surface area contributed by atoms with Gasteiger partial charge in [-0.2, -0.15) is 0 Å². The molecule has 1 aromatic rings. The van der Waals surface area contributed by atoms with Gasteiger partial charge in [-0.05, 0) is 17.7 Å². The highest BCUT2D eigenvalue weighted by molar-refractivity contribution is 5.50. The first kappa shape index (κ1) is 6.64. The largest absolute Gasteiger partial charge is 0.115 e. The van der Waals surface area contributed by atoms with Crippen molar-refractivity contribution < 1.29 is 0 Å². The monoisotopic (exact) mass is 128 g/mol. The Labute approximate surface area is 61.2 Å². The fourth-order valence-electron chi connectivity index (χ4n) is 0.755. The van der Waals surface area contributed by atoms with E-state index in [4.69, 9.17) is 6.42 Å². The van der Waals surface area contributed by atoms with E-state index in [9.17, 15) is 0 Å². The van der Waals surface area contributed by atoms with Crippen LogP contribution in [0.1, 0.15) is 11.1 Å². The van der Waals surface area contributed by atoms with Crippen molar-refractivity contribution in [3.05, 3.63) is 42.0 Å². The average Bonchev–Trinajstić information content (AvgIpc) is 2.05. The lowest BCUT2D eigenvalue weighted by atomic mass is 10.1. The molecule has 0 aromatic heterocycles. The van der Waals surface area contributed by atoms with E-state index in [1.54, 1.807) is 6.08 Å². The van der Waals surface area contributed by atoms with Crippen LogP contribution in [0.4, 0.5) is 0 Å². The van der Waals surface area contributed by atoms with Crippen LogP contribution in [-0.4, -0.2) is 0 Å². The summed E-state index contributed by atoms with van der Waals surface area (Å²) in [5.41, 5.74) is 1.97. The molecule has 0 aliphatic heterocycles. The van der Waals surface area contributed by atoms with Gasteiger partial charge < -0.3 is 0 Å². The van der Waals surface area contributed by atoms with Crippen LogP contribution < -0.4 is 0 Å². The summed E-state index contributed by atoms with van der Waals surface area (Å²) in [4.78, 5) is 0. The predicted octanol–water partition coefficient (Wildman–Crippen LogP) is 2.31. The van der Waals surface area contributed by atoms with Gasteiger partial charge in [-0.1, -0.05) is 30.7 Å². The first-order valence-electron chi connectivity index (χ1n) is 3.06. The number of hydrogen-bond donors (Lipinski definition) is 0. The van der Waals surface area contributed by atoms with E-state index in [1.807, 2.05) is 24.3 Å². The fraction of sp³-hybridized carbons (Fsp3) is 0. The van der Waals surface area contributed by atoms with Gasteiger partial charge >= 0.3 is 0 Å². The summed E-state index contributed by atoms with van der Waals surface area (Å²) < 4.78 is 0. The second kappa shape index (κ2) is 2.89. The topological polar surface area (TPSA) is 0 Å². The van der Waals surface area contributed by atoms with Crippen LogP contribution in [0.15, 0.2) is 30.8 Å². The summed E-state index contributed by atoms with van der Waals surface area (Å²) in [7, 11) is 0. The molecule has 0 saturated heterocycles. The van der Waals surface area contributed by atoms with Gasteiger partial charge in [0, 0.05) is 5.56 Å². The summed E-state index contributed by atoms with van der Waals surface area (Å²) in [6, 6.07) is 7.71. The molecule has 0 bridgehead atoms. The molecule has 0 nitrogen and oxygen atoms in total. The quantitative estimate of drug-likeness (QED) is 0.509. The van der Waals surface area contributed by atoms with E-state index in [0.29, 0.717) is 0 Å². The summed E-state index contributed by atoms with van der Waals surface area (Å²) in [6.45, 7) is 3.64. The molecule has 0 atom stereocenters. The maximum atomic E-state index is 5.19. The highest BCUT2D eigenvalue weighted by atomic mass is 13.9. The summed E-state index contributed by atoms with van der Waals surface area (Å²) in [6.07, 6.45) is 6.97. The van der Waals surface area contributed by atoms with Crippen molar-refractivity contribution in [2.75, 3.05) is 0 Å². The molecular formula is C10H8. The molecule has 0 amide bonds. The molecule has 0 aliphatic carbocycles. The molecule has 48 valence electrons. The molecule has 0 heteroatoms. The van der Waals surface area contributed by atoms with E-state index < -0.39 is 0 Å². The van der Waals surface area contributed by atoms with Gasteiger partial charge in [0.25, 0.3) is 0 Å². The maximum Gasteiger partial charge on any atom is 0.0248 e. The van der Waals surface area contributed by atoms with Crippen molar-refractivity contribution in [1.29, 1.82) is 0 Å². The maximum absolute atomic E-state index is 5.19. The smallest absolute Gasteiger partial charge is 0.0248 e. The van der Waals surface area contributed by atoms with Crippen LogP contribution in [0, 0.1) is 12.3 Å². The molecule has 0 heterocycles. The van der Waals surface area contributed by atoms with Gasteiger partial charge in [0.05, 0.1) is 0 Å². The number of hydrogen-bond acceptors (Lipinski definition) is 0. The highest BCUT2D eigenvalue weighted by Gasteiger charge is 1.85. The van der Waals surface area contributed by atoms with Crippen molar-refractivity contribution in [1.82, 2.24) is 0 Å². The van der Waals surface area contributed by atoms with Crippen molar-refractivity contribution >= 4 is 6.08 Å². The fourth-order valence-corrected chi connectivity index (χ4v) is 0.755. The van der Waals surface area contributed by atoms with Gasteiger partial charge in [-0.25, -0.2) is 0 Å². The SMILES string of the molecule is C#Cc1cccc(C=C)c1. The van der Waals surface area contributed by atoms with Crippen LogP contribution >= 0.6 is 0 Å².